The van der Waals surface area contributed by atoms with Gasteiger partial charge < -0.3 is 10.5 Å². The zero-order valence-corrected chi connectivity index (χ0v) is 14.7. The van der Waals surface area contributed by atoms with Crippen molar-refractivity contribution >= 4 is 5.69 Å². The van der Waals surface area contributed by atoms with Crippen LogP contribution in [0.2, 0.25) is 0 Å². The highest BCUT2D eigenvalue weighted by Gasteiger charge is 2.11. The molecule has 0 saturated heterocycles. The van der Waals surface area contributed by atoms with Gasteiger partial charge in [0.1, 0.15) is 12.4 Å². The van der Waals surface area contributed by atoms with Crippen molar-refractivity contribution in [3.63, 3.8) is 0 Å². The molecule has 0 amide bonds. The Kier molecular flexibility index (Phi) is 6.05. The lowest BCUT2D eigenvalue weighted by atomic mass is 10.1. The zero-order chi connectivity index (χ0) is 16.8. The SMILES string of the molecule is Cc1cccc(C)c1OC[C@H](C)N(C)CCc1ccc(N)cc1. The molecule has 0 unspecified atom stereocenters. The maximum atomic E-state index is 6.06. The summed E-state index contributed by atoms with van der Waals surface area (Å²) in [5.74, 6) is 1.02. The van der Waals surface area contributed by atoms with E-state index in [4.69, 9.17) is 10.5 Å². The van der Waals surface area contributed by atoms with Gasteiger partial charge in [-0.1, -0.05) is 30.3 Å². The number of hydrogen-bond donors (Lipinski definition) is 1. The first kappa shape index (κ1) is 17.4. The number of para-hydroxylation sites is 1. The third kappa shape index (κ3) is 5.00. The molecule has 3 heteroatoms. The van der Waals surface area contributed by atoms with E-state index in [1.165, 1.54) is 16.7 Å². The molecule has 2 aromatic rings. The first-order valence-electron chi connectivity index (χ1n) is 8.21. The van der Waals surface area contributed by atoms with Gasteiger partial charge in [-0.3, -0.25) is 4.90 Å². The van der Waals surface area contributed by atoms with Crippen molar-refractivity contribution in [3.05, 3.63) is 59.2 Å². The fraction of sp³-hybridized carbons (Fsp3) is 0.400. The van der Waals surface area contributed by atoms with Crippen molar-refractivity contribution in [3.8, 4) is 5.75 Å². The molecule has 0 aliphatic heterocycles. The summed E-state index contributed by atoms with van der Waals surface area (Å²) in [4.78, 5) is 2.34. The normalized spacial score (nSPS) is 12.4. The molecule has 0 fully saturated rings. The molecular weight excluding hydrogens is 284 g/mol. The maximum absolute atomic E-state index is 6.06. The van der Waals surface area contributed by atoms with E-state index in [0.717, 1.165) is 24.4 Å². The van der Waals surface area contributed by atoms with Gasteiger partial charge in [0.05, 0.1) is 0 Å². The molecule has 3 nitrogen and oxygen atoms in total. The lowest BCUT2D eigenvalue weighted by Crippen LogP contribution is -2.35. The Morgan fingerprint density at radius 1 is 1.04 bits per heavy atom. The Morgan fingerprint density at radius 2 is 1.65 bits per heavy atom. The minimum atomic E-state index is 0.364. The van der Waals surface area contributed by atoms with Crippen LogP contribution in [0.15, 0.2) is 42.5 Å². The van der Waals surface area contributed by atoms with E-state index in [-0.39, 0.29) is 0 Å². The van der Waals surface area contributed by atoms with Gasteiger partial charge in [-0.2, -0.15) is 0 Å². The summed E-state index contributed by atoms with van der Waals surface area (Å²) in [6.07, 6.45) is 1.02. The number of nitrogens with two attached hydrogens (primary N) is 1. The Morgan fingerprint density at radius 3 is 2.26 bits per heavy atom. The van der Waals surface area contributed by atoms with Gasteiger partial charge in [-0.25, -0.2) is 0 Å². The van der Waals surface area contributed by atoms with Gasteiger partial charge in [0.2, 0.25) is 0 Å². The molecule has 0 aromatic heterocycles. The molecule has 23 heavy (non-hydrogen) atoms. The fourth-order valence-corrected chi connectivity index (χ4v) is 2.57. The van der Waals surface area contributed by atoms with Crippen LogP contribution >= 0.6 is 0 Å². The Labute approximate surface area is 140 Å². The number of anilines is 1. The minimum Gasteiger partial charge on any atom is -0.491 e. The van der Waals surface area contributed by atoms with Crippen LogP contribution in [0, 0.1) is 13.8 Å². The monoisotopic (exact) mass is 312 g/mol. The third-order valence-corrected chi connectivity index (χ3v) is 4.36. The van der Waals surface area contributed by atoms with Crippen LogP contribution < -0.4 is 10.5 Å². The molecule has 0 aliphatic rings. The van der Waals surface area contributed by atoms with Crippen LogP contribution in [-0.2, 0) is 6.42 Å². The molecule has 2 N–H and O–H groups in total. The molecular formula is C20H28N2O. The number of rotatable bonds is 7. The van der Waals surface area contributed by atoms with Gasteiger partial charge in [0, 0.05) is 18.3 Å². The molecule has 2 aromatic carbocycles. The van der Waals surface area contributed by atoms with Crippen molar-refractivity contribution in [1.29, 1.82) is 0 Å². The molecule has 0 spiro atoms. The highest BCUT2D eigenvalue weighted by Crippen LogP contribution is 2.22. The van der Waals surface area contributed by atoms with Crippen LogP contribution in [0.3, 0.4) is 0 Å². The Hall–Kier alpha value is -2.00. The molecule has 0 aliphatic carbocycles. The van der Waals surface area contributed by atoms with E-state index in [1.807, 2.05) is 12.1 Å². The summed E-state index contributed by atoms with van der Waals surface area (Å²) in [5.41, 5.74) is 10.2. The number of nitrogens with zero attached hydrogens (tertiary/aromatic N) is 1. The van der Waals surface area contributed by atoms with Crippen LogP contribution in [0.5, 0.6) is 5.75 Å². The summed E-state index contributed by atoms with van der Waals surface area (Å²) < 4.78 is 6.06. The zero-order valence-electron chi connectivity index (χ0n) is 14.7. The lowest BCUT2D eigenvalue weighted by Gasteiger charge is -2.25. The van der Waals surface area contributed by atoms with Gasteiger partial charge in [0.25, 0.3) is 0 Å². The Balaban J connectivity index is 1.83. The first-order chi connectivity index (χ1) is 11.0. The van der Waals surface area contributed by atoms with Gasteiger partial charge in [-0.05, 0) is 63.1 Å². The number of benzene rings is 2. The van der Waals surface area contributed by atoms with Crippen LogP contribution in [-0.4, -0.2) is 31.1 Å². The van der Waals surface area contributed by atoms with Crippen molar-refractivity contribution in [2.75, 3.05) is 25.9 Å². The minimum absolute atomic E-state index is 0.364. The summed E-state index contributed by atoms with van der Waals surface area (Å²) in [5, 5.41) is 0. The molecule has 0 bridgehead atoms. The number of nitrogen functional groups attached to an aromatic ring is 1. The predicted molar refractivity (Wildman–Crippen MR) is 98.1 cm³/mol. The van der Waals surface area contributed by atoms with E-state index >= 15 is 0 Å². The predicted octanol–water partition coefficient (Wildman–Crippen LogP) is 3.83. The fourth-order valence-electron chi connectivity index (χ4n) is 2.57. The van der Waals surface area contributed by atoms with E-state index in [9.17, 15) is 0 Å². The quantitative estimate of drug-likeness (QED) is 0.790. The van der Waals surface area contributed by atoms with E-state index in [0.29, 0.717) is 12.6 Å². The number of aryl methyl sites for hydroxylation is 2. The number of hydrogen-bond acceptors (Lipinski definition) is 3. The van der Waals surface area contributed by atoms with Crippen LogP contribution in [0.4, 0.5) is 5.69 Å². The second-order valence-electron chi connectivity index (χ2n) is 6.35. The highest BCUT2D eigenvalue weighted by atomic mass is 16.5. The van der Waals surface area contributed by atoms with Crippen molar-refractivity contribution < 1.29 is 4.74 Å². The maximum Gasteiger partial charge on any atom is 0.125 e. The smallest absolute Gasteiger partial charge is 0.125 e. The molecule has 2 rings (SSSR count). The van der Waals surface area contributed by atoms with E-state index in [1.54, 1.807) is 0 Å². The van der Waals surface area contributed by atoms with Gasteiger partial charge in [0.15, 0.2) is 0 Å². The number of ether oxygens (including phenoxy) is 1. The van der Waals surface area contributed by atoms with Crippen molar-refractivity contribution in [1.82, 2.24) is 4.90 Å². The summed E-state index contributed by atoms with van der Waals surface area (Å²) in [7, 11) is 2.15. The summed E-state index contributed by atoms with van der Waals surface area (Å²) in [6, 6.07) is 14.7. The molecule has 124 valence electrons. The summed E-state index contributed by atoms with van der Waals surface area (Å²) >= 11 is 0. The second kappa shape index (κ2) is 8.02. The first-order valence-corrected chi connectivity index (χ1v) is 8.21. The van der Waals surface area contributed by atoms with Crippen molar-refractivity contribution in [2.24, 2.45) is 0 Å². The number of likely N-dealkylation sites (N-methyl/N-ethyl adjacent to an activating group) is 1. The lowest BCUT2D eigenvalue weighted by molar-refractivity contribution is 0.173. The van der Waals surface area contributed by atoms with E-state index < -0.39 is 0 Å². The van der Waals surface area contributed by atoms with Crippen molar-refractivity contribution in [2.45, 2.75) is 33.2 Å². The van der Waals surface area contributed by atoms with E-state index in [2.05, 4.69) is 63.1 Å². The Bertz CT molecular complexity index is 602. The van der Waals surface area contributed by atoms with Crippen LogP contribution in [0.1, 0.15) is 23.6 Å². The summed E-state index contributed by atoms with van der Waals surface area (Å²) in [6.45, 7) is 8.09. The van der Waals surface area contributed by atoms with Gasteiger partial charge >= 0.3 is 0 Å². The standard InChI is InChI=1S/C20H28N2O/c1-15-6-5-7-16(2)20(15)23-14-17(3)22(4)13-12-18-8-10-19(21)11-9-18/h5-11,17H,12-14,21H2,1-4H3/t17-/m0/s1. The van der Waals surface area contributed by atoms with Crippen LogP contribution in [0.25, 0.3) is 0 Å². The molecule has 0 heterocycles. The average molecular weight is 312 g/mol. The van der Waals surface area contributed by atoms with Gasteiger partial charge in [-0.15, -0.1) is 0 Å². The topological polar surface area (TPSA) is 38.5 Å². The molecule has 0 saturated carbocycles. The largest absolute Gasteiger partial charge is 0.491 e. The third-order valence-electron chi connectivity index (χ3n) is 4.36. The average Bonchev–Trinajstić information content (AvgIpc) is 2.53. The second-order valence-corrected chi connectivity index (χ2v) is 6.35. The highest BCUT2D eigenvalue weighted by molar-refractivity contribution is 5.40. The molecule has 0 radical (unpaired) electrons. The molecule has 1 atom stereocenters.